The van der Waals surface area contributed by atoms with Crippen LogP contribution in [0.15, 0.2) is 17.5 Å². The Balaban J connectivity index is 1.45. The van der Waals surface area contributed by atoms with Crippen LogP contribution < -0.4 is 0 Å². The van der Waals surface area contributed by atoms with E-state index in [9.17, 15) is 4.79 Å². The summed E-state index contributed by atoms with van der Waals surface area (Å²) in [6.45, 7) is 7.12. The van der Waals surface area contributed by atoms with Gasteiger partial charge in [-0.25, -0.2) is 0 Å². The van der Waals surface area contributed by atoms with Crippen LogP contribution in [-0.4, -0.2) is 53.8 Å². The van der Waals surface area contributed by atoms with Crippen LogP contribution in [0.2, 0.25) is 0 Å². The SMILES string of the molecule is CC1CN2CCCCC2CN1CCCC(=O)c1cccs1. The van der Waals surface area contributed by atoms with E-state index in [4.69, 9.17) is 0 Å². The van der Waals surface area contributed by atoms with Gasteiger partial charge in [0.2, 0.25) is 0 Å². The molecule has 1 aromatic rings. The van der Waals surface area contributed by atoms with Gasteiger partial charge in [-0.05, 0) is 50.7 Å². The molecule has 3 heterocycles. The molecule has 1 aromatic heterocycles. The first-order valence-corrected chi connectivity index (χ1v) is 9.17. The van der Waals surface area contributed by atoms with E-state index in [1.807, 2.05) is 17.5 Å². The summed E-state index contributed by atoms with van der Waals surface area (Å²) in [5, 5.41) is 1.98. The quantitative estimate of drug-likeness (QED) is 0.780. The summed E-state index contributed by atoms with van der Waals surface area (Å²) >= 11 is 1.56. The van der Waals surface area contributed by atoms with Crippen LogP contribution in [0.1, 0.15) is 48.7 Å². The molecule has 2 aliphatic heterocycles. The summed E-state index contributed by atoms with van der Waals surface area (Å²) in [4.78, 5) is 18.2. The van der Waals surface area contributed by atoms with Gasteiger partial charge in [-0.15, -0.1) is 11.3 Å². The van der Waals surface area contributed by atoms with E-state index < -0.39 is 0 Å². The summed E-state index contributed by atoms with van der Waals surface area (Å²) in [5.41, 5.74) is 0. The minimum Gasteiger partial charge on any atom is -0.298 e. The van der Waals surface area contributed by atoms with Gasteiger partial charge >= 0.3 is 0 Å². The third-order valence-electron chi connectivity index (χ3n) is 4.96. The molecule has 2 atom stereocenters. The minimum absolute atomic E-state index is 0.314. The van der Waals surface area contributed by atoms with Crippen molar-refractivity contribution in [2.24, 2.45) is 0 Å². The van der Waals surface area contributed by atoms with Gasteiger partial charge in [-0.1, -0.05) is 12.5 Å². The molecule has 116 valence electrons. The van der Waals surface area contributed by atoms with Crippen LogP contribution in [0.4, 0.5) is 0 Å². The zero-order valence-electron chi connectivity index (χ0n) is 13.0. The van der Waals surface area contributed by atoms with Gasteiger partial charge in [0.15, 0.2) is 5.78 Å². The fraction of sp³-hybridized carbons (Fsp3) is 0.706. The summed E-state index contributed by atoms with van der Waals surface area (Å²) in [7, 11) is 0. The lowest BCUT2D eigenvalue weighted by Crippen LogP contribution is -2.58. The Bertz CT molecular complexity index is 459. The van der Waals surface area contributed by atoms with Gasteiger partial charge in [-0.3, -0.25) is 14.6 Å². The van der Waals surface area contributed by atoms with Crippen LogP contribution in [0.25, 0.3) is 0 Å². The minimum atomic E-state index is 0.314. The van der Waals surface area contributed by atoms with E-state index in [-0.39, 0.29) is 0 Å². The topological polar surface area (TPSA) is 23.6 Å². The summed E-state index contributed by atoms with van der Waals surface area (Å²) in [5.74, 6) is 0.314. The number of piperidine rings is 1. The van der Waals surface area contributed by atoms with Crippen molar-refractivity contribution < 1.29 is 4.79 Å². The number of piperazine rings is 1. The van der Waals surface area contributed by atoms with Crippen LogP contribution in [0.3, 0.4) is 0 Å². The van der Waals surface area contributed by atoms with Crippen molar-refractivity contribution in [3.63, 3.8) is 0 Å². The van der Waals surface area contributed by atoms with Gasteiger partial charge in [-0.2, -0.15) is 0 Å². The van der Waals surface area contributed by atoms with Gasteiger partial charge < -0.3 is 0 Å². The van der Waals surface area contributed by atoms with Crippen molar-refractivity contribution in [3.05, 3.63) is 22.4 Å². The zero-order chi connectivity index (χ0) is 14.7. The molecule has 0 N–H and O–H groups in total. The molecule has 21 heavy (non-hydrogen) atoms. The molecule has 0 saturated carbocycles. The molecule has 0 aliphatic carbocycles. The number of carbonyl (C=O) groups excluding carboxylic acids is 1. The van der Waals surface area contributed by atoms with Crippen LogP contribution in [0, 0.1) is 0 Å². The van der Waals surface area contributed by atoms with E-state index in [1.54, 1.807) is 11.3 Å². The predicted molar refractivity (Wildman–Crippen MR) is 88.1 cm³/mol. The van der Waals surface area contributed by atoms with Crippen LogP contribution in [0.5, 0.6) is 0 Å². The molecule has 2 aliphatic rings. The largest absolute Gasteiger partial charge is 0.298 e. The Morgan fingerprint density at radius 2 is 2.29 bits per heavy atom. The maximum atomic E-state index is 12.0. The second-order valence-corrected chi connectivity index (χ2v) is 7.44. The molecule has 0 amide bonds. The van der Waals surface area contributed by atoms with Gasteiger partial charge in [0, 0.05) is 31.6 Å². The van der Waals surface area contributed by atoms with Gasteiger partial charge in [0.05, 0.1) is 4.88 Å². The number of hydrogen-bond acceptors (Lipinski definition) is 4. The third kappa shape index (κ3) is 3.74. The fourth-order valence-corrected chi connectivity index (χ4v) is 4.42. The highest BCUT2D eigenvalue weighted by atomic mass is 32.1. The Hall–Kier alpha value is -0.710. The third-order valence-corrected chi connectivity index (χ3v) is 5.87. The Kier molecular flexibility index (Phi) is 5.09. The molecular weight excluding hydrogens is 280 g/mol. The maximum absolute atomic E-state index is 12.0. The Labute approximate surface area is 131 Å². The number of thiophene rings is 1. The molecule has 2 fully saturated rings. The smallest absolute Gasteiger partial charge is 0.172 e. The first kappa shape index (κ1) is 15.2. The molecule has 4 heteroatoms. The maximum Gasteiger partial charge on any atom is 0.172 e. The standard InChI is InChI=1S/C17H26N2OS/c1-14-12-19-9-3-2-6-15(19)13-18(14)10-4-7-16(20)17-8-5-11-21-17/h5,8,11,14-15H,2-4,6-7,9-10,12-13H2,1H3. The van der Waals surface area contributed by atoms with Crippen molar-refractivity contribution in [1.29, 1.82) is 0 Å². The average molecular weight is 306 g/mol. The molecule has 3 nitrogen and oxygen atoms in total. The highest BCUT2D eigenvalue weighted by molar-refractivity contribution is 7.12. The van der Waals surface area contributed by atoms with E-state index >= 15 is 0 Å². The molecule has 3 rings (SSSR count). The molecule has 0 bridgehead atoms. The van der Waals surface area contributed by atoms with Crippen molar-refractivity contribution in [3.8, 4) is 0 Å². The van der Waals surface area contributed by atoms with Crippen molar-refractivity contribution in [2.45, 2.75) is 51.1 Å². The lowest BCUT2D eigenvalue weighted by molar-refractivity contribution is 0.0147. The molecule has 2 saturated heterocycles. The lowest BCUT2D eigenvalue weighted by Gasteiger charge is -2.47. The number of fused-ring (bicyclic) bond motifs is 1. The normalized spacial score (nSPS) is 27.5. The second-order valence-electron chi connectivity index (χ2n) is 6.49. The first-order valence-electron chi connectivity index (χ1n) is 8.29. The van der Waals surface area contributed by atoms with E-state index in [2.05, 4.69) is 16.7 Å². The predicted octanol–water partition coefficient (Wildman–Crippen LogP) is 3.27. The van der Waals surface area contributed by atoms with E-state index in [0.717, 1.165) is 23.9 Å². The van der Waals surface area contributed by atoms with Crippen molar-refractivity contribution >= 4 is 17.1 Å². The molecule has 0 aromatic carbocycles. The number of carbonyl (C=O) groups is 1. The van der Waals surface area contributed by atoms with E-state index in [0.29, 0.717) is 18.2 Å². The molecule has 0 spiro atoms. The van der Waals surface area contributed by atoms with E-state index in [1.165, 1.54) is 38.9 Å². The lowest BCUT2D eigenvalue weighted by atomic mass is 9.97. The Morgan fingerprint density at radius 3 is 3.10 bits per heavy atom. The zero-order valence-corrected chi connectivity index (χ0v) is 13.8. The van der Waals surface area contributed by atoms with Gasteiger partial charge in [0.25, 0.3) is 0 Å². The molecule has 2 unspecified atom stereocenters. The highest BCUT2D eigenvalue weighted by Crippen LogP contribution is 2.24. The molecular formula is C17H26N2OS. The highest BCUT2D eigenvalue weighted by Gasteiger charge is 2.32. The van der Waals surface area contributed by atoms with Crippen LogP contribution >= 0.6 is 11.3 Å². The monoisotopic (exact) mass is 306 g/mol. The summed E-state index contributed by atoms with van der Waals surface area (Å²) in [6.07, 6.45) is 5.81. The van der Waals surface area contributed by atoms with Crippen molar-refractivity contribution in [2.75, 3.05) is 26.2 Å². The number of ketones is 1. The Morgan fingerprint density at radius 1 is 1.38 bits per heavy atom. The summed E-state index contributed by atoms with van der Waals surface area (Å²) in [6, 6.07) is 5.30. The summed E-state index contributed by atoms with van der Waals surface area (Å²) < 4.78 is 0. The number of hydrogen-bond donors (Lipinski definition) is 0. The second kappa shape index (κ2) is 7.03. The number of Topliss-reactive ketones (excluding diaryl/α,β-unsaturated/α-hetero) is 1. The number of rotatable bonds is 5. The van der Waals surface area contributed by atoms with Crippen molar-refractivity contribution in [1.82, 2.24) is 9.80 Å². The van der Waals surface area contributed by atoms with Crippen LogP contribution in [-0.2, 0) is 0 Å². The first-order chi connectivity index (χ1) is 10.2. The average Bonchev–Trinajstić information content (AvgIpc) is 3.02. The fourth-order valence-electron chi connectivity index (χ4n) is 3.73. The number of nitrogens with zero attached hydrogens (tertiary/aromatic N) is 2. The van der Waals surface area contributed by atoms with Gasteiger partial charge in [0.1, 0.15) is 0 Å². The molecule has 0 radical (unpaired) electrons.